The van der Waals surface area contributed by atoms with Gasteiger partial charge in [0.15, 0.2) is 0 Å². The van der Waals surface area contributed by atoms with Gasteiger partial charge in [0.1, 0.15) is 16.4 Å². The van der Waals surface area contributed by atoms with Crippen LogP contribution in [0.4, 0.5) is 5.69 Å². The number of rotatable bonds is 6. The SMILES string of the molecule is COc1ccc(OC)c(S(=O)(=O)Nc2cncc(-c3cccc(C)c3)c2)c1. The number of benzene rings is 2. The summed E-state index contributed by atoms with van der Waals surface area (Å²) >= 11 is 0. The van der Waals surface area contributed by atoms with Crippen molar-refractivity contribution in [1.82, 2.24) is 4.98 Å². The van der Waals surface area contributed by atoms with Gasteiger partial charge in [-0.1, -0.05) is 29.8 Å². The van der Waals surface area contributed by atoms with Crippen LogP contribution < -0.4 is 14.2 Å². The number of nitrogens with zero attached hydrogens (tertiary/aromatic N) is 1. The summed E-state index contributed by atoms with van der Waals surface area (Å²) in [6.07, 6.45) is 3.15. The second-order valence-corrected chi connectivity index (χ2v) is 7.60. The predicted molar refractivity (Wildman–Crippen MR) is 105 cm³/mol. The first-order valence-electron chi connectivity index (χ1n) is 8.20. The summed E-state index contributed by atoms with van der Waals surface area (Å²) in [6, 6.07) is 14.3. The first-order valence-corrected chi connectivity index (χ1v) is 9.68. The zero-order chi connectivity index (χ0) is 19.4. The van der Waals surface area contributed by atoms with Gasteiger partial charge in [-0.05, 0) is 30.7 Å². The van der Waals surface area contributed by atoms with Gasteiger partial charge in [-0.3, -0.25) is 9.71 Å². The third-order valence-corrected chi connectivity index (χ3v) is 5.40. The largest absolute Gasteiger partial charge is 0.497 e. The summed E-state index contributed by atoms with van der Waals surface area (Å²) in [7, 11) is -1.00. The van der Waals surface area contributed by atoms with Gasteiger partial charge in [-0.2, -0.15) is 0 Å². The highest BCUT2D eigenvalue weighted by Gasteiger charge is 2.21. The van der Waals surface area contributed by atoms with Crippen LogP contribution in [0.15, 0.2) is 65.8 Å². The Kier molecular flexibility index (Phi) is 5.32. The van der Waals surface area contributed by atoms with E-state index >= 15 is 0 Å². The molecule has 140 valence electrons. The van der Waals surface area contributed by atoms with Gasteiger partial charge < -0.3 is 9.47 Å². The number of sulfonamides is 1. The van der Waals surface area contributed by atoms with E-state index in [1.165, 1.54) is 26.5 Å². The van der Waals surface area contributed by atoms with Gasteiger partial charge >= 0.3 is 0 Å². The summed E-state index contributed by atoms with van der Waals surface area (Å²) in [5.74, 6) is 0.647. The van der Waals surface area contributed by atoms with Gasteiger partial charge in [0.25, 0.3) is 10.0 Å². The molecule has 27 heavy (non-hydrogen) atoms. The second kappa shape index (κ2) is 7.67. The predicted octanol–water partition coefficient (Wildman–Crippen LogP) is 3.88. The van der Waals surface area contributed by atoms with Crippen LogP contribution in [-0.2, 0) is 10.0 Å². The third-order valence-electron chi connectivity index (χ3n) is 4.00. The average Bonchev–Trinajstić information content (AvgIpc) is 2.67. The van der Waals surface area contributed by atoms with Crippen LogP contribution in [0.3, 0.4) is 0 Å². The van der Waals surface area contributed by atoms with Crippen LogP contribution in [0.2, 0.25) is 0 Å². The van der Waals surface area contributed by atoms with Gasteiger partial charge in [-0.15, -0.1) is 0 Å². The van der Waals surface area contributed by atoms with E-state index in [4.69, 9.17) is 9.47 Å². The maximum absolute atomic E-state index is 12.9. The fourth-order valence-corrected chi connectivity index (χ4v) is 3.90. The molecule has 0 spiro atoms. The molecule has 0 amide bonds. The van der Waals surface area contributed by atoms with Crippen molar-refractivity contribution < 1.29 is 17.9 Å². The smallest absolute Gasteiger partial charge is 0.265 e. The number of aromatic nitrogens is 1. The Morgan fingerprint density at radius 3 is 2.44 bits per heavy atom. The number of anilines is 1. The maximum Gasteiger partial charge on any atom is 0.265 e. The van der Waals surface area contributed by atoms with Gasteiger partial charge in [-0.25, -0.2) is 8.42 Å². The number of pyridine rings is 1. The zero-order valence-corrected chi connectivity index (χ0v) is 16.1. The number of hydrogen-bond donors (Lipinski definition) is 1. The van der Waals surface area contributed by atoms with Crippen LogP contribution in [0.1, 0.15) is 5.56 Å². The highest BCUT2D eigenvalue weighted by atomic mass is 32.2. The van der Waals surface area contributed by atoms with Gasteiger partial charge in [0.2, 0.25) is 0 Å². The number of ether oxygens (including phenoxy) is 2. The van der Waals surface area contributed by atoms with Crippen molar-refractivity contribution in [1.29, 1.82) is 0 Å². The quantitative estimate of drug-likeness (QED) is 0.698. The molecule has 6 nitrogen and oxygen atoms in total. The first kappa shape index (κ1) is 18.7. The number of aryl methyl sites for hydroxylation is 1. The Morgan fingerprint density at radius 1 is 0.926 bits per heavy atom. The van der Waals surface area contributed by atoms with Crippen molar-refractivity contribution in [3.8, 4) is 22.6 Å². The number of nitrogens with one attached hydrogen (secondary N) is 1. The van der Waals surface area contributed by atoms with Crippen molar-refractivity contribution in [3.63, 3.8) is 0 Å². The van der Waals surface area contributed by atoms with E-state index in [2.05, 4.69) is 9.71 Å². The molecule has 0 radical (unpaired) electrons. The Bertz CT molecular complexity index is 1070. The van der Waals surface area contributed by atoms with Crippen molar-refractivity contribution in [3.05, 3.63) is 66.5 Å². The fourth-order valence-electron chi connectivity index (χ4n) is 2.68. The van der Waals surface area contributed by atoms with E-state index in [1.807, 2.05) is 31.2 Å². The Balaban J connectivity index is 1.96. The van der Waals surface area contributed by atoms with E-state index in [0.717, 1.165) is 16.7 Å². The van der Waals surface area contributed by atoms with Crippen LogP contribution in [0, 0.1) is 6.92 Å². The summed E-state index contributed by atoms with van der Waals surface area (Å²) in [5, 5.41) is 0. The molecule has 0 atom stereocenters. The van der Waals surface area contributed by atoms with Crippen LogP contribution in [0.5, 0.6) is 11.5 Å². The Morgan fingerprint density at radius 2 is 1.74 bits per heavy atom. The lowest BCUT2D eigenvalue weighted by molar-refractivity contribution is 0.392. The normalized spacial score (nSPS) is 11.1. The lowest BCUT2D eigenvalue weighted by Gasteiger charge is -2.13. The van der Waals surface area contributed by atoms with Crippen LogP contribution in [-0.4, -0.2) is 27.6 Å². The number of hydrogen-bond acceptors (Lipinski definition) is 5. The fraction of sp³-hybridized carbons (Fsp3) is 0.150. The molecule has 0 fully saturated rings. The van der Waals surface area contributed by atoms with Crippen molar-refractivity contribution >= 4 is 15.7 Å². The average molecular weight is 384 g/mol. The molecule has 0 saturated carbocycles. The van der Waals surface area contributed by atoms with E-state index in [1.54, 1.807) is 24.4 Å². The molecule has 0 aliphatic heterocycles. The molecule has 0 aliphatic rings. The standard InChI is InChI=1S/C20H20N2O4S/c1-14-5-4-6-15(9-14)16-10-17(13-21-12-16)22-27(23,24)20-11-18(25-2)7-8-19(20)26-3/h4-13,22H,1-3H3. The molecular formula is C20H20N2O4S. The molecule has 3 rings (SSSR count). The van der Waals surface area contributed by atoms with Crippen molar-refractivity contribution in [2.24, 2.45) is 0 Å². The molecule has 0 aliphatic carbocycles. The van der Waals surface area contributed by atoms with E-state index in [9.17, 15) is 8.42 Å². The molecule has 1 aromatic heterocycles. The molecule has 0 unspecified atom stereocenters. The highest BCUT2D eigenvalue weighted by molar-refractivity contribution is 7.92. The zero-order valence-electron chi connectivity index (χ0n) is 15.3. The summed E-state index contributed by atoms with van der Waals surface area (Å²) in [4.78, 5) is 4.15. The minimum atomic E-state index is -3.89. The highest BCUT2D eigenvalue weighted by Crippen LogP contribution is 2.30. The molecule has 0 saturated heterocycles. The van der Waals surface area contributed by atoms with Crippen LogP contribution >= 0.6 is 0 Å². The van der Waals surface area contributed by atoms with Crippen molar-refractivity contribution in [2.75, 3.05) is 18.9 Å². The van der Waals surface area contributed by atoms with Crippen LogP contribution in [0.25, 0.3) is 11.1 Å². The minimum Gasteiger partial charge on any atom is -0.497 e. The molecule has 2 aromatic carbocycles. The van der Waals surface area contributed by atoms with E-state index < -0.39 is 10.0 Å². The second-order valence-electron chi connectivity index (χ2n) is 5.95. The maximum atomic E-state index is 12.9. The topological polar surface area (TPSA) is 77.5 Å². The monoisotopic (exact) mass is 384 g/mol. The third kappa shape index (κ3) is 4.20. The van der Waals surface area contributed by atoms with E-state index in [0.29, 0.717) is 11.4 Å². The molecular weight excluding hydrogens is 364 g/mol. The summed E-state index contributed by atoms with van der Waals surface area (Å²) in [6.45, 7) is 2.00. The Labute approximate surface area is 158 Å². The molecule has 7 heteroatoms. The van der Waals surface area contributed by atoms with E-state index in [-0.39, 0.29) is 10.6 Å². The molecule has 0 bridgehead atoms. The van der Waals surface area contributed by atoms with Crippen molar-refractivity contribution in [2.45, 2.75) is 11.8 Å². The lowest BCUT2D eigenvalue weighted by Crippen LogP contribution is -2.14. The molecule has 1 N–H and O–H groups in total. The summed E-state index contributed by atoms with van der Waals surface area (Å²) in [5.41, 5.74) is 3.25. The number of methoxy groups -OCH3 is 2. The molecule has 3 aromatic rings. The van der Waals surface area contributed by atoms with Gasteiger partial charge in [0.05, 0.1) is 26.1 Å². The lowest BCUT2D eigenvalue weighted by atomic mass is 10.1. The van der Waals surface area contributed by atoms with Gasteiger partial charge in [0, 0.05) is 17.8 Å². The molecule has 1 heterocycles. The minimum absolute atomic E-state index is 0.00897. The summed E-state index contributed by atoms with van der Waals surface area (Å²) < 4.78 is 38.6. The Hall–Kier alpha value is -3.06. The first-order chi connectivity index (χ1) is 12.9.